The Morgan fingerprint density at radius 2 is 1.79 bits per heavy atom. The molecule has 1 nitrogen and oxygen atoms in total. The standard InChI is InChI=1S/C17H12BrN/c1-10-8-11-4-2-3-5-13(11)16-14-9-12(18)6-7-15(14)19-17(10)16/h2-9,19H,1H3. The molecule has 0 atom stereocenters. The van der Waals surface area contributed by atoms with Crippen molar-refractivity contribution in [1.29, 1.82) is 0 Å². The van der Waals surface area contributed by atoms with Gasteiger partial charge < -0.3 is 4.98 Å². The number of benzene rings is 3. The lowest BCUT2D eigenvalue weighted by Crippen LogP contribution is -1.79. The van der Waals surface area contributed by atoms with E-state index in [1.54, 1.807) is 0 Å². The number of aryl methyl sites for hydroxylation is 1. The predicted molar refractivity (Wildman–Crippen MR) is 85.7 cm³/mol. The third kappa shape index (κ3) is 1.53. The molecule has 0 saturated carbocycles. The highest BCUT2D eigenvalue weighted by Crippen LogP contribution is 2.35. The fourth-order valence-corrected chi connectivity index (χ4v) is 3.26. The van der Waals surface area contributed by atoms with Crippen molar-refractivity contribution in [3.8, 4) is 0 Å². The minimum Gasteiger partial charge on any atom is -0.354 e. The van der Waals surface area contributed by atoms with Gasteiger partial charge in [-0.2, -0.15) is 0 Å². The summed E-state index contributed by atoms with van der Waals surface area (Å²) in [5.74, 6) is 0. The molecule has 0 spiro atoms. The number of fused-ring (bicyclic) bond motifs is 5. The first-order valence-electron chi connectivity index (χ1n) is 6.33. The largest absolute Gasteiger partial charge is 0.354 e. The van der Waals surface area contributed by atoms with Gasteiger partial charge in [-0.05, 0) is 47.5 Å². The van der Waals surface area contributed by atoms with Crippen LogP contribution in [-0.4, -0.2) is 4.98 Å². The molecule has 4 rings (SSSR count). The summed E-state index contributed by atoms with van der Waals surface area (Å²) in [5.41, 5.74) is 3.73. The number of rotatable bonds is 0. The van der Waals surface area contributed by atoms with Crippen molar-refractivity contribution in [1.82, 2.24) is 4.98 Å². The van der Waals surface area contributed by atoms with E-state index in [0.29, 0.717) is 0 Å². The zero-order valence-corrected chi connectivity index (χ0v) is 12.1. The maximum Gasteiger partial charge on any atom is 0.0501 e. The minimum absolute atomic E-state index is 1.12. The molecule has 2 heteroatoms. The molecule has 0 aliphatic carbocycles. The van der Waals surface area contributed by atoms with Gasteiger partial charge in [0.1, 0.15) is 0 Å². The second-order valence-electron chi connectivity index (χ2n) is 4.98. The van der Waals surface area contributed by atoms with Crippen molar-refractivity contribution in [2.24, 2.45) is 0 Å². The lowest BCUT2D eigenvalue weighted by atomic mass is 10.0. The third-order valence-electron chi connectivity index (χ3n) is 3.76. The summed E-state index contributed by atoms with van der Waals surface area (Å²) in [7, 11) is 0. The Morgan fingerprint density at radius 3 is 2.68 bits per heavy atom. The monoisotopic (exact) mass is 309 g/mol. The van der Waals surface area contributed by atoms with E-state index in [1.165, 1.54) is 38.1 Å². The highest BCUT2D eigenvalue weighted by Gasteiger charge is 2.10. The molecule has 0 aliphatic rings. The van der Waals surface area contributed by atoms with Crippen LogP contribution in [0.4, 0.5) is 0 Å². The topological polar surface area (TPSA) is 15.8 Å². The van der Waals surface area contributed by atoms with Crippen LogP contribution in [0.15, 0.2) is 53.0 Å². The number of aromatic amines is 1. The maximum atomic E-state index is 3.57. The molecular weight excluding hydrogens is 298 g/mol. The molecule has 0 fully saturated rings. The maximum absolute atomic E-state index is 3.57. The van der Waals surface area contributed by atoms with E-state index in [-0.39, 0.29) is 0 Å². The average Bonchev–Trinajstić information content (AvgIpc) is 2.78. The van der Waals surface area contributed by atoms with Gasteiger partial charge in [0.05, 0.1) is 5.52 Å². The number of H-pyrrole nitrogens is 1. The molecule has 0 saturated heterocycles. The molecule has 1 aromatic heterocycles. The summed E-state index contributed by atoms with van der Waals surface area (Å²) < 4.78 is 1.12. The van der Waals surface area contributed by atoms with Crippen molar-refractivity contribution in [2.75, 3.05) is 0 Å². The van der Waals surface area contributed by atoms with Crippen molar-refractivity contribution in [2.45, 2.75) is 6.92 Å². The normalized spacial score (nSPS) is 11.7. The van der Waals surface area contributed by atoms with E-state index in [0.717, 1.165) is 4.47 Å². The van der Waals surface area contributed by atoms with Crippen molar-refractivity contribution in [3.05, 3.63) is 58.6 Å². The van der Waals surface area contributed by atoms with Crippen LogP contribution in [0.1, 0.15) is 5.56 Å². The molecule has 0 unspecified atom stereocenters. The summed E-state index contributed by atoms with van der Waals surface area (Å²) in [6.07, 6.45) is 0. The van der Waals surface area contributed by atoms with Crippen molar-refractivity contribution < 1.29 is 0 Å². The number of halogens is 1. The quantitative estimate of drug-likeness (QED) is 0.438. The van der Waals surface area contributed by atoms with Gasteiger partial charge >= 0.3 is 0 Å². The molecule has 3 aromatic carbocycles. The van der Waals surface area contributed by atoms with E-state index in [2.05, 4.69) is 76.4 Å². The molecule has 1 heterocycles. The van der Waals surface area contributed by atoms with Gasteiger partial charge in [0.15, 0.2) is 0 Å². The summed E-state index contributed by atoms with van der Waals surface area (Å²) >= 11 is 3.57. The number of aromatic nitrogens is 1. The lowest BCUT2D eigenvalue weighted by Gasteiger charge is -2.03. The van der Waals surface area contributed by atoms with Gasteiger partial charge in [-0.1, -0.05) is 40.2 Å². The first-order valence-corrected chi connectivity index (χ1v) is 7.12. The molecule has 0 aliphatic heterocycles. The second kappa shape index (κ2) is 3.84. The van der Waals surface area contributed by atoms with E-state index in [1.807, 2.05) is 0 Å². The lowest BCUT2D eigenvalue weighted by molar-refractivity contribution is 1.47. The second-order valence-corrected chi connectivity index (χ2v) is 5.90. The summed E-state index contributed by atoms with van der Waals surface area (Å²) in [5, 5.41) is 5.22. The Bertz CT molecular complexity index is 934. The molecule has 4 aromatic rings. The fourth-order valence-electron chi connectivity index (χ4n) is 2.90. The molecule has 92 valence electrons. The molecule has 0 radical (unpaired) electrons. The van der Waals surface area contributed by atoms with Crippen LogP contribution in [0.2, 0.25) is 0 Å². The summed E-state index contributed by atoms with van der Waals surface area (Å²) in [6, 6.07) is 17.2. The first kappa shape index (κ1) is 11.1. The Hall–Kier alpha value is -1.80. The van der Waals surface area contributed by atoms with Gasteiger partial charge in [0, 0.05) is 20.8 Å². The predicted octanol–water partition coefficient (Wildman–Crippen LogP) is 5.55. The van der Waals surface area contributed by atoms with Gasteiger partial charge in [-0.15, -0.1) is 0 Å². The van der Waals surface area contributed by atoms with E-state index in [4.69, 9.17) is 0 Å². The van der Waals surface area contributed by atoms with Gasteiger partial charge in [0.25, 0.3) is 0 Å². The Morgan fingerprint density at radius 1 is 0.947 bits per heavy atom. The Balaban J connectivity index is 2.38. The van der Waals surface area contributed by atoms with Gasteiger partial charge in [0.2, 0.25) is 0 Å². The minimum atomic E-state index is 1.12. The smallest absolute Gasteiger partial charge is 0.0501 e. The summed E-state index contributed by atoms with van der Waals surface area (Å²) in [4.78, 5) is 3.54. The van der Waals surface area contributed by atoms with Crippen LogP contribution in [0, 0.1) is 6.92 Å². The van der Waals surface area contributed by atoms with Gasteiger partial charge in [-0.25, -0.2) is 0 Å². The average molecular weight is 310 g/mol. The molecule has 0 bridgehead atoms. The van der Waals surface area contributed by atoms with E-state index < -0.39 is 0 Å². The van der Waals surface area contributed by atoms with E-state index in [9.17, 15) is 0 Å². The molecule has 19 heavy (non-hydrogen) atoms. The Kier molecular flexibility index (Phi) is 2.24. The summed E-state index contributed by atoms with van der Waals surface area (Å²) in [6.45, 7) is 2.17. The van der Waals surface area contributed by atoms with Crippen LogP contribution >= 0.6 is 15.9 Å². The molecule has 1 N–H and O–H groups in total. The van der Waals surface area contributed by atoms with Crippen LogP contribution in [-0.2, 0) is 0 Å². The van der Waals surface area contributed by atoms with Gasteiger partial charge in [-0.3, -0.25) is 0 Å². The Labute approximate surface area is 119 Å². The number of hydrogen-bond donors (Lipinski definition) is 1. The van der Waals surface area contributed by atoms with Crippen molar-refractivity contribution in [3.63, 3.8) is 0 Å². The fraction of sp³-hybridized carbons (Fsp3) is 0.0588. The number of hydrogen-bond acceptors (Lipinski definition) is 0. The zero-order chi connectivity index (χ0) is 13.0. The van der Waals surface area contributed by atoms with Crippen LogP contribution < -0.4 is 0 Å². The highest BCUT2D eigenvalue weighted by molar-refractivity contribution is 9.10. The third-order valence-corrected chi connectivity index (χ3v) is 4.25. The van der Waals surface area contributed by atoms with E-state index >= 15 is 0 Å². The number of nitrogens with one attached hydrogen (secondary N) is 1. The molecular formula is C17H12BrN. The molecule has 0 amide bonds. The van der Waals surface area contributed by atoms with Crippen molar-refractivity contribution >= 4 is 48.5 Å². The van der Waals surface area contributed by atoms with Crippen LogP contribution in [0.3, 0.4) is 0 Å². The highest BCUT2D eigenvalue weighted by atomic mass is 79.9. The first-order chi connectivity index (χ1) is 9.24. The zero-order valence-electron chi connectivity index (χ0n) is 10.5. The van der Waals surface area contributed by atoms with Crippen LogP contribution in [0.5, 0.6) is 0 Å². The van der Waals surface area contributed by atoms with Crippen LogP contribution in [0.25, 0.3) is 32.6 Å². The SMILES string of the molecule is Cc1cc2ccccc2c2c1[nH]c1ccc(Br)cc12.